The van der Waals surface area contributed by atoms with E-state index in [2.05, 4.69) is 10.0 Å². The van der Waals surface area contributed by atoms with Crippen LogP contribution < -0.4 is 10.0 Å². The molecule has 21 heavy (non-hydrogen) atoms. The molecule has 1 aromatic carbocycles. The van der Waals surface area contributed by atoms with Gasteiger partial charge in [0.05, 0.1) is 9.82 Å². The van der Waals surface area contributed by atoms with E-state index in [0.29, 0.717) is 0 Å². The molecular formula is C13H21N3O4S. The van der Waals surface area contributed by atoms with Crippen molar-refractivity contribution in [2.45, 2.75) is 38.6 Å². The van der Waals surface area contributed by atoms with Gasteiger partial charge in [-0.1, -0.05) is 20.8 Å². The van der Waals surface area contributed by atoms with Crippen LogP contribution in [0.3, 0.4) is 0 Å². The van der Waals surface area contributed by atoms with Gasteiger partial charge in [-0.2, -0.15) is 0 Å². The summed E-state index contributed by atoms with van der Waals surface area (Å²) >= 11 is 0. The van der Waals surface area contributed by atoms with Crippen molar-refractivity contribution < 1.29 is 13.3 Å². The van der Waals surface area contributed by atoms with Gasteiger partial charge < -0.3 is 5.32 Å². The third-order valence-corrected chi connectivity index (χ3v) is 4.91. The Labute approximate surface area is 124 Å². The first-order chi connectivity index (χ1) is 9.49. The summed E-state index contributed by atoms with van der Waals surface area (Å²) in [6, 6.07) is 3.47. The fourth-order valence-electron chi connectivity index (χ4n) is 1.52. The summed E-state index contributed by atoms with van der Waals surface area (Å²) in [5.74, 6) is 0. The molecule has 8 heteroatoms. The molecule has 0 radical (unpaired) electrons. The summed E-state index contributed by atoms with van der Waals surface area (Å²) in [6.45, 7) is 7.49. The summed E-state index contributed by atoms with van der Waals surface area (Å²) in [7, 11) is -2.27. The zero-order valence-corrected chi connectivity index (χ0v) is 13.6. The average Bonchev–Trinajstić information content (AvgIpc) is 2.36. The third kappa shape index (κ3) is 4.15. The Morgan fingerprint density at radius 1 is 1.29 bits per heavy atom. The molecule has 1 unspecified atom stereocenters. The van der Waals surface area contributed by atoms with Crippen molar-refractivity contribution >= 4 is 21.4 Å². The Kier molecular flexibility index (Phi) is 4.95. The van der Waals surface area contributed by atoms with E-state index < -0.39 is 14.9 Å². The van der Waals surface area contributed by atoms with Crippen LogP contribution in [-0.4, -0.2) is 26.4 Å². The smallest absolute Gasteiger partial charge is 0.293 e. The fraction of sp³-hybridized carbons (Fsp3) is 0.538. The number of hydrogen-bond acceptors (Lipinski definition) is 5. The van der Waals surface area contributed by atoms with Gasteiger partial charge in [0.2, 0.25) is 10.0 Å². The zero-order valence-electron chi connectivity index (χ0n) is 12.8. The molecule has 0 aliphatic carbocycles. The molecular weight excluding hydrogens is 294 g/mol. The first kappa shape index (κ1) is 17.4. The molecule has 0 saturated carbocycles. The van der Waals surface area contributed by atoms with Gasteiger partial charge in [-0.25, -0.2) is 13.1 Å². The molecule has 1 atom stereocenters. The van der Waals surface area contributed by atoms with Crippen LogP contribution in [-0.2, 0) is 10.0 Å². The highest BCUT2D eigenvalue weighted by Gasteiger charge is 2.27. The maximum atomic E-state index is 12.3. The molecule has 0 aliphatic heterocycles. The van der Waals surface area contributed by atoms with Crippen molar-refractivity contribution in [3.8, 4) is 0 Å². The first-order valence-corrected chi connectivity index (χ1v) is 7.96. The number of benzene rings is 1. The third-order valence-electron chi connectivity index (χ3n) is 3.38. The lowest BCUT2D eigenvalue weighted by molar-refractivity contribution is -0.384. The van der Waals surface area contributed by atoms with Gasteiger partial charge in [-0.05, 0) is 24.5 Å². The summed E-state index contributed by atoms with van der Waals surface area (Å²) < 4.78 is 27.2. The van der Waals surface area contributed by atoms with Crippen molar-refractivity contribution in [3.63, 3.8) is 0 Å². The van der Waals surface area contributed by atoms with Gasteiger partial charge in [-0.15, -0.1) is 0 Å². The summed E-state index contributed by atoms with van der Waals surface area (Å²) in [5.41, 5.74) is -0.268. The van der Waals surface area contributed by atoms with Crippen LogP contribution >= 0.6 is 0 Å². The second-order valence-corrected chi connectivity index (χ2v) is 7.61. The normalized spacial score (nSPS) is 13.8. The quantitative estimate of drug-likeness (QED) is 0.641. The van der Waals surface area contributed by atoms with Gasteiger partial charge >= 0.3 is 0 Å². The van der Waals surface area contributed by atoms with Crippen LogP contribution in [0.4, 0.5) is 11.4 Å². The molecule has 118 valence electrons. The van der Waals surface area contributed by atoms with Crippen molar-refractivity contribution in [2.24, 2.45) is 5.41 Å². The Bertz CT molecular complexity index is 635. The van der Waals surface area contributed by atoms with Crippen LogP contribution in [0.15, 0.2) is 23.1 Å². The molecule has 0 spiro atoms. The van der Waals surface area contributed by atoms with Gasteiger partial charge in [0.15, 0.2) is 0 Å². The van der Waals surface area contributed by atoms with Gasteiger partial charge in [0, 0.05) is 19.2 Å². The topological polar surface area (TPSA) is 101 Å². The van der Waals surface area contributed by atoms with E-state index in [-0.39, 0.29) is 27.7 Å². The van der Waals surface area contributed by atoms with Crippen LogP contribution in [0.5, 0.6) is 0 Å². The lowest BCUT2D eigenvalue weighted by Crippen LogP contribution is -2.41. The summed E-state index contributed by atoms with van der Waals surface area (Å²) in [5, 5.41) is 13.7. The fourth-order valence-corrected chi connectivity index (χ4v) is 2.99. The van der Waals surface area contributed by atoms with E-state index in [0.717, 1.165) is 6.07 Å². The highest BCUT2D eigenvalue weighted by Crippen LogP contribution is 2.28. The minimum atomic E-state index is -3.81. The standard InChI is InChI=1S/C13H21N3O4S/c1-9(13(2,3)4)15-21(19,20)10-6-7-11(14-5)12(8-10)16(17)18/h6-9,14-15H,1-5H3. The predicted molar refractivity (Wildman–Crippen MR) is 81.9 cm³/mol. The number of nitro groups is 1. The van der Waals surface area contributed by atoms with Crippen LogP contribution in [0.25, 0.3) is 0 Å². The number of anilines is 1. The van der Waals surface area contributed by atoms with Crippen molar-refractivity contribution in [2.75, 3.05) is 12.4 Å². The average molecular weight is 315 g/mol. The minimum Gasteiger partial charge on any atom is -0.383 e. The Balaban J connectivity index is 3.21. The molecule has 0 heterocycles. The second-order valence-electron chi connectivity index (χ2n) is 5.90. The SMILES string of the molecule is CNc1ccc(S(=O)(=O)NC(C)C(C)(C)C)cc1[N+](=O)[O-]. The highest BCUT2D eigenvalue weighted by molar-refractivity contribution is 7.89. The largest absolute Gasteiger partial charge is 0.383 e. The lowest BCUT2D eigenvalue weighted by Gasteiger charge is -2.27. The van der Waals surface area contributed by atoms with E-state index in [1.165, 1.54) is 19.2 Å². The predicted octanol–water partition coefficient (Wildman–Crippen LogP) is 2.35. The molecule has 1 rings (SSSR count). The van der Waals surface area contributed by atoms with Crippen LogP contribution in [0.1, 0.15) is 27.7 Å². The summed E-state index contributed by atoms with van der Waals surface area (Å²) in [6.07, 6.45) is 0. The molecule has 0 fully saturated rings. The van der Waals surface area contributed by atoms with E-state index >= 15 is 0 Å². The highest BCUT2D eigenvalue weighted by atomic mass is 32.2. The Morgan fingerprint density at radius 3 is 2.29 bits per heavy atom. The lowest BCUT2D eigenvalue weighted by atomic mass is 9.89. The number of rotatable bonds is 5. The molecule has 1 aromatic rings. The molecule has 0 amide bonds. The first-order valence-electron chi connectivity index (χ1n) is 6.47. The van der Waals surface area contributed by atoms with Crippen LogP contribution in [0, 0.1) is 15.5 Å². The number of nitrogens with zero attached hydrogens (tertiary/aromatic N) is 1. The van der Waals surface area contributed by atoms with Gasteiger partial charge in [0.25, 0.3) is 5.69 Å². The van der Waals surface area contributed by atoms with Crippen molar-refractivity contribution in [3.05, 3.63) is 28.3 Å². The molecule has 0 aromatic heterocycles. The molecule has 0 aliphatic rings. The molecule has 0 bridgehead atoms. The number of hydrogen-bond donors (Lipinski definition) is 2. The number of nitro benzene ring substituents is 1. The van der Waals surface area contributed by atoms with E-state index in [9.17, 15) is 18.5 Å². The Hall–Kier alpha value is -1.67. The number of nitrogens with one attached hydrogen (secondary N) is 2. The van der Waals surface area contributed by atoms with Crippen LogP contribution in [0.2, 0.25) is 0 Å². The maximum absolute atomic E-state index is 12.3. The zero-order chi connectivity index (χ0) is 16.4. The van der Waals surface area contributed by atoms with E-state index in [1.807, 2.05) is 20.8 Å². The second kappa shape index (κ2) is 5.98. The van der Waals surface area contributed by atoms with Gasteiger partial charge in [-0.3, -0.25) is 10.1 Å². The summed E-state index contributed by atoms with van der Waals surface area (Å²) in [4.78, 5) is 10.3. The number of sulfonamides is 1. The van der Waals surface area contributed by atoms with Crippen molar-refractivity contribution in [1.29, 1.82) is 0 Å². The van der Waals surface area contributed by atoms with E-state index in [4.69, 9.17) is 0 Å². The van der Waals surface area contributed by atoms with Crippen molar-refractivity contribution in [1.82, 2.24) is 4.72 Å². The monoisotopic (exact) mass is 315 g/mol. The molecule has 7 nitrogen and oxygen atoms in total. The van der Waals surface area contributed by atoms with Gasteiger partial charge in [0.1, 0.15) is 5.69 Å². The molecule has 2 N–H and O–H groups in total. The molecule has 0 saturated heterocycles. The van der Waals surface area contributed by atoms with E-state index in [1.54, 1.807) is 6.92 Å². The maximum Gasteiger partial charge on any atom is 0.293 e. The Morgan fingerprint density at radius 2 is 1.86 bits per heavy atom. The minimum absolute atomic E-state index is 0.121.